The van der Waals surface area contributed by atoms with Crippen molar-refractivity contribution in [3.63, 3.8) is 0 Å². The third-order valence-electron chi connectivity index (χ3n) is 6.14. The number of aromatic amines is 1. The molecule has 1 aliphatic heterocycles. The Hall–Kier alpha value is -2.59. The Bertz CT molecular complexity index is 1260. The number of piperidine rings is 1. The van der Waals surface area contributed by atoms with E-state index in [0.717, 1.165) is 5.56 Å². The van der Waals surface area contributed by atoms with Crippen molar-refractivity contribution in [2.24, 2.45) is 0 Å². The molecule has 1 fully saturated rings. The molecule has 172 valence electrons. The lowest BCUT2D eigenvalue weighted by Crippen LogP contribution is -2.39. The lowest BCUT2D eigenvalue weighted by atomic mass is 9.87. The average molecular weight is 459 g/mol. The number of nitrogens with zero attached hydrogens (tertiary/aromatic N) is 5. The number of hydrogen-bond donors (Lipinski definition) is 1. The molecule has 32 heavy (non-hydrogen) atoms. The normalized spacial score (nSPS) is 16.6. The van der Waals surface area contributed by atoms with E-state index in [0.29, 0.717) is 43.9 Å². The topological polar surface area (TPSA) is 114 Å². The van der Waals surface area contributed by atoms with E-state index in [1.807, 2.05) is 0 Å². The SMILES string of the molecule is CCS(=O)(=O)N1CCC(c2nc3c(nnn3Cc3ccc(C(C)(C)C)cc3)c(=O)[nH]2)CC1. The van der Waals surface area contributed by atoms with Gasteiger partial charge in [-0.05, 0) is 36.3 Å². The summed E-state index contributed by atoms with van der Waals surface area (Å²) < 4.78 is 27.4. The number of hydrogen-bond acceptors (Lipinski definition) is 6. The summed E-state index contributed by atoms with van der Waals surface area (Å²) in [6.07, 6.45) is 1.23. The van der Waals surface area contributed by atoms with Crippen LogP contribution in [-0.4, -0.2) is 56.5 Å². The Morgan fingerprint density at radius 3 is 2.38 bits per heavy atom. The van der Waals surface area contributed by atoms with Crippen molar-refractivity contribution < 1.29 is 8.42 Å². The lowest BCUT2D eigenvalue weighted by molar-refractivity contribution is 0.314. The van der Waals surface area contributed by atoms with Crippen molar-refractivity contribution >= 4 is 21.2 Å². The molecule has 10 heteroatoms. The largest absolute Gasteiger partial charge is 0.308 e. The molecule has 0 bridgehead atoms. The Morgan fingerprint density at radius 2 is 1.78 bits per heavy atom. The van der Waals surface area contributed by atoms with Crippen LogP contribution in [0.3, 0.4) is 0 Å². The van der Waals surface area contributed by atoms with Gasteiger partial charge in [0.25, 0.3) is 5.56 Å². The van der Waals surface area contributed by atoms with E-state index in [9.17, 15) is 13.2 Å². The molecule has 3 heterocycles. The van der Waals surface area contributed by atoms with Gasteiger partial charge < -0.3 is 4.98 Å². The molecule has 0 amide bonds. The van der Waals surface area contributed by atoms with Gasteiger partial charge in [-0.1, -0.05) is 50.3 Å². The lowest BCUT2D eigenvalue weighted by Gasteiger charge is -2.30. The molecule has 9 nitrogen and oxygen atoms in total. The van der Waals surface area contributed by atoms with Crippen LogP contribution in [-0.2, 0) is 22.0 Å². The highest BCUT2D eigenvalue weighted by Crippen LogP contribution is 2.27. The first-order chi connectivity index (χ1) is 15.1. The smallest absolute Gasteiger partial charge is 0.281 e. The van der Waals surface area contributed by atoms with E-state index in [-0.39, 0.29) is 28.2 Å². The minimum absolute atomic E-state index is 0.00942. The molecule has 0 atom stereocenters. The Morgan fingerprint density at radius 1 is 1.12 bits per heavy atom. The monoisotopic (exact) mass is 458 g/mol. The molecule has 4 rings (SSSR count). The summed E-state index contributed by atoms with van der Waals surface area (Å²) in [4.78, 5) is 20.1. The minimum Gasteiger partial charge on any atom is -0.308 e. The second-order valence-electron chi connectivity index (χ2n) is 9.39. The predicted molar refractivity (Wildman–Crippen MR) is 123 cm³/mol. The number of nitrogens with one attached hydrogen (secondary N) is 1. The molecule has 0 unspecified atom stereocenters. The minimum atomic E-state index is -3.20. The van der Waals surface area contributed by atoms with Crippen molar-refractivity contribution in [3.05, 3.63) is 51.6 Å². The molecule has 1 N–H and O–H groups in total. The molecule has 0 spiro atoms. The van der Waals surface area contributed by atoms with Gasteiger partial charge in [0.1, 0.15) is 5.82 Å². The highest BCUT2D eigenvalue weighted by molar-refractivity contribution is 7.89. The fourth-order valence-electron chi connectivity index (χ4n) is 4.06. The molecular weight excluding hydrogens is 428 g/mol. The van der Waals surface area contributed by atoms with Crippen molar-refractivity contribution in [1.29, 1.82) is 0 Å². The molecule has 2 aromatic heterocycles. The summed E-state index contributed by atoms with van der Waals surface area (Å²) in [5, 5.41) is 8.19. The summed E-state index contributed by atoms with van der Waals surface area (Å²) >= 11 is 0. The highest BCUT2D eigenvalue weighted by atomic mass is 32.2. The predicted octanol–water partition coefficient (Wildman–Crippen LogP) is 2.39. The van der Waals surface area contributed by atoms with E-state index >= 15 is 0 Å². The number of H-pyrrole nitrogens is 1. The zero-order valence-corrected chi connectivity index (χ0v) is 19.8. The first-order valence-corrected chi connectivity index (χ1v) is 12.6. The second kappa shape index (κ2) is 8.40. The van der Waals surface area contributed by atoms with Crippen LogP contribution in [0, 0.1) is 0 Å². The van der Waals surface area contributed by atoms with Crippen LogP contribution in [0.25, 0.3) is 11.2 Å². The van der Waals surface area contributed by atoms with Crippen LogP contribution >= 0.6 is 0 Å². The van der Waals surface area contributed by atoms with Crippen LogP contribution in [0.5, 0.6) is 0 Å². The molecular formula is C22H30N6O3S. The fourth-order valence-corrected chi connectivity index (χ4v) is 5.19. The van der Waals surface area contributed by atoms with E-state index < -0.39 is 10.0 Å². The average Bonchev–Trinajstić information content (AvgIpc) is 3.17. The molecule has 0 radical (unpaired) electrons. The maximum atomic E-state index is 12.6. The quantitative estimate of drug-likeness (QED) is 0.628. The van der Waals surface area contributed by atoms with Gasteiger partial charge in [-0.3, -0.25) is 4.79 Å². The zero-order chi connectivity index (χ0) is 23.1. The third kappa shape index (κ3) is 4.47. The summed E-state index contributed by atoms with van der Waals surface area (Å²) in [7, 11) is -3.20. The van der Waals surface area contributed by atoms with Crippen LogP contribution in [0.15, 0.2) is 29.1 Å². The Kier molecular flexibility index (Phi) is 5.93. The summed E-state index contributed by atoms with van der Waals surface area (Å²) in [6, 6.07) is 8.34. The maximum Gasteiger partial charge on any atom is 0.281 e. The van der Waals surface area contributed by atoms with Crippen molar-refractivity contribution in [1.82, 2.24) is 29.3 Å². The molecule has 0 aliphatic carbocycles. The van der Waals surface area contributed by atoms with Gasteiger partial charge in [-0.25, -0.2) is 22.4 Å². The summed E-state index contributed by atoms with van der Waals surface area (Å²) in [5.41, 5.74) is 2.72. The summed E-state index contributed by atoms with van der Waals surface area (Å²) in [6.45, 7) is 9.50. The Balaban J connectivity index is 1.58. The zero-order valence-electron chi connectivity index (χ0n) is 19.0. The van der Waals surface area contributed by atoms with Gasteiger partial charge in [0, 0.05) is 19.0 Å². The highest BCUT2D eigenvalue weighted by Gasteiger charge is 2.29. The van der Waals surface area contributed by atoms with Crippen LogP contribution < -0.4 is 5.56 Å². The van der Waals surface area contributed by atoms with Crippen LogP contribution in [0.1, 0.15) is 63.4 Å². The van der Waals surface area contributed by atoms with E-state index in [4.69, 9.17) is 4.98 Å². The molecule has 1 aromatic carbocycles. The fraction of sp³-hybridized carbons (Fsp3) is 0.545. The van der Waals surface area contributed by atoms with Crippen LogP contribution in [0.4, 0.5) is 0 Å². The van der Waals surface area contributed by atoms with Gasteiger partial charge in [-0.2, -0.15) is 0 Å². The maximum absolute atomic E-state index is 12.6. The number of aromatic nitrogens is 5. The number of fused-ring (bicyclic) bond motifs is 1. The number of rotatable bonds is 5. The first-order valence-electron chi connectivity index (χ1n) is 11.0. The third-order valence-corrected chi connectivity index (χ3v) is 8.02. The van der Waals surface area contributed by atoms with E-state index in [1.54, 1.807) is 11.6 Å². The molecule has 3 aromatic rings. The van der Waals surface area contributed by atoms with E-state index in [1.165, 1.54) is 9.87 Å². The van der Waals surface area contributed by atoms with Crippen LogP contribution in [0.2, 0.25) is 0 Å². The molecule has 0 saturated carbocycles. The van der Waals surface area contributed by atoms with Gasteiger partial charge in [0.2, 0.25) is 10.0 Å². The number of benzene rings is 1. The van der Waals surface area contributed by atoms with Gasteiger partial charge >= 0.3 is 0 Å². The van der Waals surface area contributed by atoms with Gasteiger partial charge in [0.05, 0.1) is 12.3 Å². The second-order valence-corrected chi connectivity index (χ2v) is 11.6. The Labute approximate surface area is 187 Å². The molecule has 1 aliphatic rings. The first kappa shape index (κ1) is 22.6. The van der Waals surface area contributed by atoms with Crippen molar-refractivity contribution in [2.45, 2.75) is 58.4 Å². The standard InChI is InChI=1S/C22H30N6O3S/c1-5-32(30,31)27-12-10-16(11-13-27)19-23-20-18(21(29)24-19)25-26-28(20)14-15-6-8-17(9-7-15)22(2,3)4/h6-9,16H,5,10-14H2,1-4H3,(H,23,24,29). The summed E-state index contributed by atoms with van der Waals surface area (Å²) in [5.74, 6) is 0.660. The van der Waals surface area contributed by atoms with Crippen molar-refractivity contribution in [2.75, 3.05) is 18.8 Å². The van der Waals surface area contributed by atoms with Gasteiger partial charge in [0.15, 0.2) is 11.2 Å². The molecule has 1 saturated heterocycles. The van der Waals surface area contributed by atoms with E-state index in [2.05, 4.69) is 60.3 Å². The van der Waals surface area contributed by atoms with Crippen molar-refractivity contribution in [3.8, 4) is 0 Å². The number of sulfonamides is 1. The van der Waals surface area contributed by atoms with Gasteiger partial charge in [-0.15, -0.1) is 5.10 Å².